The number of carbonyl (C=O) groups excluding carboxylic acids is 1. The van der Waals surface area contributed by atoms with Crippen LogP contribution in [-0.4, -0.2) is 41.6 Å². The average molecular weight is 483 g/mol. The summed E-state index contributed by atoms with van der Waals surface area (Å²) in [5.74, 6) is -2.74. The molecule has 2 aliphatic heterocycles. The van der Waals surface area contributed by atoms with Gasteiger partial charge in [-0.15, -0.1) is 0 Å². The van der Waals surface area contributed by atoms with Crippen LogP contribution in [-0.2, 0) is 6.42 Å². The fraction of sp³-hybridized carbons (Fsp3) is 0.320. The van der Waals surface area contributed by atoms with Crippen molar-refractivity contribution >= 4 is 23.1 Å². The van der Waals surface area contributed by atoms with Gasteiger partial charge >= 0.3 is 0 Å². The quantitative estimate of drug-likeness (QED) is 0.518. The maximum Gasteiger partial charge on any atom is 0.274 e. The largest absolute Gasteiger partial charge is 0.370 e. The summed E-state index contributed by atoms with van der Waals surface area (Å²) in [4.78, 5) is 23.8. The topological polar surface area (TPSA) is 96.2 Å². The molecule has 0 unspecified atom stereocenters. The number of anilines is 3. The number of halogens is 3. The second-order valence-electron chi connectivity index (χ2n) is 8.80. The van der Waals surface area contributed by atoms with Crippen molar-refractivity contribution in [3.8, 4) is 11.3 Å². The lowest BCUT2D eigenvalue weighted by Crippen LogP contribution is -2.43. The average Bonchev–Trinajstić information content (AvgIpc) is 2.84. The first-order valence-electron chi connectivity index (χ1n) is 11.6. The molecule has 1 aromatic carbocycles. The fourth-order valence-electron chi connectivity index (χ4n) is 4.72. The van der Waals surface area contributed by atoms with Gasteiger partial charge in [-0.25, -0.2) is 23.1 Å². The minimum atomic E-state index is -0.968. The van der Waals surface area contributed by atoms with Crippen molar-refractivity contribution < 1.29 is 18.0 Å². The van der Waals surface area contributed by atoms with Gasteiger partial charge in [-0.1, -0.05) is 6.07 Å². The van der Waals surface area contributed by atoms with Crippen LogP contribution in [0.1, 0.15) is 35.3 Å². The molecule has 1 amide bonds. The summed E-state index contributed by atoms with van der Waals surface area (Å²) in [6.07, 6.45) is 5.15. The Bertz CT molecular complexity index is 1260. The normalized spacial score (nSPS) is 17.5. The molecule has 4 N–H and O–H groups in total. The molecule has 2 aromatic heterocycles. The van der Waals surface area contributed by atoms with E-state index in [4.69, 9.17) is 5.73 Å². The van der Waals surface area contributed by atoms with Gasteiger partial charge in [0.15, 0.2) is 0 Å². The van der Waals surface area contributed by atoms with E-state index in [-0.39, 0.29) is 11.7 Å². The lowest BCUT2D eigenvalue weighted by molar-refractivity contribution is 0.102. The SMILES string of the molecule is N[C@H]1CCCN(c2c(NC(=O)c3ccc(F)c(-c4c(F)cccc4F)n3)cnc3c2CCCN3)C1. The number of piperidine rings is 1. The predicted octanol–water partition coefficient (Wildman–Crippen LogP) is 4.10. The van der Waals surface area contributed by atoms with Crippen molar-refractivity contribution in [2.24, 2.45) is 5.73 Å². The number of nitrogens with one attached hydrogen (secondary N) is 2. The van der Waals surface area contributed by atoms with E-state index in [9.17, 15) is 18.0 Å². The number of hydrogen-bond donors (Lipinski definition) is 3. The Labute approximate surface area is 200 Å². The first-order valence-corrected chi connectivity index (χ1v) is 11.6. The van der Waals surface area contributed by atoms with Gasteiger partial charge in [0.2, 0.25) is 0 Å². The van der Waals surface area contributed by atoms with Gasteiger partial charge in [0.05, 0.1) is 23.1 Å². The third-order valence-electron chi connectivity index (χ3n) is 6.35. The third kappa shape index (κ3) is 4.53. The van der Waals surface area contributed by atoms with E-state index in [0.29, 0.717) is 12.2 Å². The van der Waals surface area contributed by atoms with Crippen LogP contribution in [0.2, 0.25) is 0 Å². The van der Waals surface area contributed by atoms with E-state index in [1.165, 1.54) is 12.1 Å². The van der Waals surface area contributed by atoms with Gasteiger partial charge in [0.1, 0.15) is 34.7 Å². The van der Waals surface area contributed by atoms with Gasteiger partial charge in [-0.2, -0.15) is 0 Å². The van der Waals surface area contributed by atoms with E-state index >= 15 is 0 Å². The maximum absolute atomic E-state index is 14.5. The van der Waals surface area contributed by atoms with Gasteiger partial charge in [0, 0.05) is 31.2 Å². The Morgan fingerprint density at radius 1 is 1.11 bits per heavy atom. The van der Waals surface area contributed by atoms with Crippen molar-refractivity contribution in [2.45, 2.75) is 31.7 Å². The Kier molecular flexibility index (Phi) is 6.29. The molecule has 3 aromatic rings. The van der Waals surface area contributed by atoms with Crippen LogP contribution in [0, 0.1) is 17.5 Å². The summed E-state index contributed by atoms with van der Waals surface area (Å²) >= 11 is 0. The Morgan fingerprint density at radius 3 is 2.69 bits per heavy atom. The molecule has 0 saturated carbocycles. The molecule has 0 radical (unpaired) electrons. The smallest absolute Gasteiger partial charge is 0.274 e. The van der Waals surface area contributed by atoms with Crippen LogP contribution in [0.4, 0.5) is 30.4 Å². The number of pyridine rings is 2. The Morgan fingerprint density at radius 2 is 1.91 bits per heavy atom. The number of benzene rings is 1. The van der Waals surface area contributed by atoms with Crippen LogP contribution < -0.4 is 21.3 Å². The number of hydrogen-bond acceptors (Lipinski definition) is 6. The van der Waals surface area contributed by atoms with Crippen molar-refractivity contribution in [3.63, 3.8) is 0 Å². The van der Waals surface area contributed by atoms with Crippen LogP contribution in [0.15, 0.2) is 36.5 Å². The fourth-order valence-corrected chi connectivity index (χ4v) is 4.72. The lowest BCUT2D eigenvalue weighted by atomic mass is 10.00. The zero-order valence-electron chi connectivity index (χ0n) is 19.0. The summed E-state index contributed by atoms with van der Waals surface area (Å²) in [7, 11) is 0. The second-order valence-corrected chi connectivity index (χ2v) is 8.80. The van der Waals surface area contributed by atoms with E-state index in [1.54, 1.807) is 6.20 Å². The predicted molar refractivity (Wildman–Crippen MR) is 128 cm³/mol. The summed E-state index contributed by atoms with van der Waals surface area (Å²) in [5, 5.41) is 6.13. The first-order chi connectivity index (χ1) is 16.9. The number of nitrogens with two attached hydrogens (primary N) is 1. The van der Waals surface area contributed by atoms with Crippen molar-refractivity contribution in [3.05, 3.63) is 65.2 Å². The van der Waals surface area contributed by atoms with Crippen LogP contribution in [0.3, 0.4) is 0 Å². The molecule has 1 atom stereocenters. The molecule has 2 aliphatic rings. The minimum Gasteiger partial charge on any atom is -0.370 e. The summed E-state index contributed by atoms with van der Waals surface area (Å²) in [5.41, 5.74) is 7.20. The monoisotopic (exact) mass is 482 g/mol. The summed E-state index contributed by atoms with van der Waals surface area (Å²) in [6.45, 7) is 2.25. The number of amides is 1. The molecule has 4 heterocycles. The number of nitrogens with zero attached hydrogens (tertiary/aromatic N) is 3. The Hall–Kier alpha value is -3.66. The zero-order valence-corrected chi connectivity index (χ0v) is 19.0. The Balaban J connectivity index is 1.51. The van der Waals surface area contributed by atoms with Gasteiger partial charge in [-0.05, 0) is 49.9 Å². The molecule has 7 nitrogen and oxygen atoms in total. The molecule has 10 heteroatoms. The van der Waals surface area contributed by atoms with E-state index < -0.39 is 34.6 Å². The number of aromatic nitrogens is 2. The first kappa shape index (κ1) is 23.1. The lowest BCUT2D eigenvalue weighted by Gasteiger charge is -2.36. The summed E-state index contributed by atoms with van der Waals surface area (Å²) in [6, 6.07) is 5.36. The van der Waals surface area contributed by atoms with Crippen molar-refractivity contribution in [2.75, 3.05) is 35.2 Å². The minimum absolute atomic E-state index is 0.0182. The van der Waals surface area contributed by atoms with E-state index in [2.05, 4.69) is 25.5 Å². The number of carbonyl (C=O) groups is 1. The molecule has 1 saturated heterocycles. The van der Waals surface area contributed by atoms with E-state index in [0.717, 1.165) is 74.0 Å². The van der Waals surface area contributed by atoms with Crippen LogP contribution in [0.25, 0.3) is 11.3 Å². The highest BCUT2D eigenvalue weighted by Crippen LogP contribution is 2.38. The number of rotatable bonds is 4. The zero-order chi connectivity index (χ0) is 24.5. The molecule has 5 rings (SSSR count). The van der Waals surface area contributed by atoms with Gasteiger partial charge < -0.3 is 21.3 Å². The molecule has 0 aliphatic carbocycles. The van der Waals surface area contributed by atoms with Crippen molar-refractivity contribution in [1.82, 2.24) is 9.97 Å². The molecule has 1 fully saturated rings. The molecule has 182 valence electrons. The van der Waals surface area contributed by atoms with Crippen molar-refractivity contribution in [1.29, 1.82) is 0 Å². The highest BCUT2D eigenvalue weighted by atomic mass is 19.1. The molecular formula is C25H25F3N6O. The number of fused-ring (bicyclic) bond motifs is 1. The third-order valence-corrected chi connectivity index (χ3v) is 6.35. The molecule has 0 spiro atoms. The van der Waals surface area contributed by atoms with E-state index in [1.807, 2.05) is 0 Å². The standard InChI is InChI=1S/C25H25F3N6O/c26-16-6-1-7-17(27)21(16)22-18(28)8-9-19(32-22)25(35)33-20-12-31-24-15(5-2-10-30-24)23(20)34-11-3-4-14(29)13-34/h1,6-9,12,14H,2-5,10-11,13,29H2,(H,30,31)(H,33,35)/t14-/m0/s1. The highest BCUT2D eigenvalue weighted by molar-refractivity contribution is 6.05. The molecule has 35 heavy (non-hydrogen) atoms. The molecule has 0 bridgehead atoms. The second kappa shape index (κ2) is 9.53. The maximum atomic E-state index is 14.5. The highest BCUT2D eigenvalue weighted by Gasteiger charge is 2.27. The summed E-state index contributed by atoms with van der Waals surface area (Å²) < 4.78 is 43.0. The van der Waals surface area contributed by atoms with Gasteiger partial charge in [-0.3, -0.25) is 4.79 Å². The molecular weight excluding hydrogens is 457 g/mol. The van der Waals surface area contributed by atoms with Crippen LogP contribution >= 0.6 is 0 Å². The van der Waals surface area contributed by atoms with Gasteiger partial charge in [0.25, 0.3) is 5.91 Å². The van der Waals surface area contributed by atoms with Crippen LogP contribution in [0.5, 0.6) is 0 Å².